The molecule has 0 radical (unpaired) electrons. The second-order valence-electron chi connectivity index (χ2n) is 10.2. The normalized spacial score (nSPS) is 15.6. The predicted octanol–water partition coefficient (Wildman–Crippen LogP) is 4.56. The lowest BCUT2D eigenvalue weighted by atomic mass is 10.1. The van der Waals surface area contributed by atoms with Gasteiger partial charge in [-0.15, -0.1) is 0 Å². The van der Waals surface area contributed by atoms with Gasteiger partial charge in [0.2, 0.25) is 5.88 Å². The summed E-state index contributed by atoms with van der Waals surface area (Å²) in [6, 6.07) is 7.83. The van der Waals surface area contributed by atoms with Crippen LogP contribution in [0.4, 0.5) is 13.2 Å². The molecule has 2 fully saturated rings. The van der Waals surface area contributed by atoms with E-state index in [1.54, 1.807) is 37.4 Å². The number of hydrogen-bond acceptors (Lipinski definition) is 7. The van der Waals surface area contributed by atoms with Gasteiger partial charge in [0.25, 0.3) is 0 Å². The first-order valence-electron chi connectivity index (χ1n) is 13.0. The van der Waals surface area contributed by atoms with Gasteiger partial charge in [-0.05, 0) is 56.4 Å². The van der Waals surface area contributed by atoms with Crippen LogP contribution in [0.2, 0.25) is 0 Å². The number of H-pyrrole nitrogens is 1. The number of aromatic amines is 1. The fourth-order valence-electron chi connectivity index (χ4n) is 4.70. The van der Waals surface area contributed by atoms with Crippen molar-refractivity contribution in [3.8, 4) is 23.0 Å². The molecule has 7 rings (SSSR count). The number of rotatable bonds is 7. The second-order valence-corrected chi connectivity index (χ2v) is 10.2. The SMILES string of the molecule is Cc1cc(C(F)(F)F)nn1-c1ccc(Cn2c(=O)[nH]c3cnc(-c4c(OC5CC5)ncnc4C4CC4)nc32)cc1. The van der Waals surface area contributed by atoms with Crippen molar-refractivity contribution in [2.75, 3.05) is 0 Å². The van der Waals surface area contributed by atoms with Crippen LogP contribution in [0.25, 0.3) is 28.2 Å². The molecular formula is C27H23F3N8O2. The molecule has 4 aromatic heterocycles. The third-order valence-corrected chi connectivity index (χ3v) is 7.04. The minimum atomic E-state index is -4.52. The lowest BCUT2D eigenvalue weighted by Crippen LogP contribution is -2.18. The van der Waals surface area contributed by atoms with E-state index in [0.29, 0.717) is 45.7 Å². The van der Waals surface area contributed by atoms with Gasteiger partial charge in [-0.3, -0.25) is 4.57 Å². The van der Waals surface area contributed by atoms with Crippen molar-refractivity contribution in [3.63, 3.8) is 0 Å². The van der Waals surface area contributed by atoms with Crippen LogP contribution < -0.4 is 10.4 Å². The third-order valence-electron chi connectivity index (χ3n) is 7.04. The number of ether oxygens (including phenoxy) is 1. The van der Waals surface area contributed by atoms with Gasteiger partial charge in [-0.1, -0.05) is 12.1 Å². The van der Waals surface area contributed by atoms with Crippen molar-refractivity contribution >= 4 is 11.2 Å². The van der Waals surface area contributed by atoms with E-state index in [1.165, 1.54) is 15.6 Å². The van der Waals surface area contributed by atoms with Crippen LogP contribution in [0, 0.1) is 6.92 Å². The first-order chi connectivity index (χ1) is 19.2. The smallest absolute Gasteiger partial charge is 0.435 e. The van der Waals surface area contributed by atoms with Gasteiger partial charge in [0.15, 0.2) is 17.2 Å². The molecule has 2 aliphatic carbocycles. The van der Waals surface area contributed by atoms with E-state index in [-0.39, 0.29) is 18.3 Å². The van der Waals surface area contributed by atoms with Crippen LogP contribution in [0.1, 0.15) is 54.2 Å². The fourth-order valence-corrected chi connectivity index (χ4v) is 4.70. The molecular weight excluding hydrogens is 525 g/mol. The van der Waals surface area contributed by atoms with Crippen molar-refractivity contribution < 1.29 is 17.9 Å². The monoisotopic (exact) mass is 548 g/mol. The zero-order chi connectivity index (χ0) is 27.6. The number of aryl methyl sites for hydroxylation is 1. The molecule has 0 unspecified atom stereocenters. The maximum atomic E-state index is 13.1. The van der Waals surface area contributed by atoms with Crippen molar-refractivity contribution in [2.24, 2.45) is 0 Å². The van der Waals surface area contributed by atoms with Crippen LogP contribution in [-0.2, 0) is 12.7 Å². The summed E-state index contributed by atoms with van der Waals surface area (Å²) in [5, 5.41) is 3.70. The number of alkyl halides is 3. The Labute approximate surface area is 224 Å². The van der Waals surface area contributed by atoms with Gasteiger partial charge < -0.3 is 9.72 Å². The van der Waals surface area contributed by atoms with Crippen LogP contribution in [-0.4, -0.2) is 45.4 Å². The molecule has 2 aliphatic rings. The first kappa shape index (κ1) is 24.5. The number of aromatic nitrogens is 8. The van der Waals surface area contributed by atoms with Crippen LogP contribution in [0.15, 0.2) is 47.7 Å². The molecule has 10 nitrogen and oxygen atoms in total. The maximum absolute atomic E-state index is 13.1. The molecule has 0 saturated heterocycles. The molecule has 0 atom stereocenters. The van der Waals surface area contributed by atoms with Gasteiger partial charge in [0.05, 0.1) is 24.1 Å². The quantitative estimate of drug-likeness (QED) is 0.317. The lowest BCUT2D eigenvalue weighted by molar-refractivity contribution is -0.141. The topological polar surface area (TPSA) is 116 Å². The average Bonchev–Trinajstić information content (AvgIpc) is 3.86. The average molecular weight is 549 g/mol. The molecule has 4 heterocycles. The van der Waals surface area contributed by atoms with Crippen LogP contribution in [0.5, 0.6) is 5.88 Å². The first-order valence-corrected chi connectivity index (χ1v) is 13.0. The molecule has 0 aliphatic heterocycles. The zero-order valence-electron chi connectivity index (χ0n) is 21.3. The summed E-state index contributed by atoms with van der Waals surface area (Å²) in [5.41, 5.74) is 2.70. The Balaban J connectivity index is 1.23. The number of hydrogen-bond donors (Lipinski definition) is 1. The summed E-state index contributed by atoms with van der Waals surface area (Å²) in [6.07, 6.45) is 2.68. The second kappa shape index (κ2) is 9.00. The highest BCUT2D eigenvalue weighted by Gasteiger charge is 2.35. The molecule has 13 heteroatoms. The Morgan fingerprint density at radius 2 is 1.85 bits per heavy atom. The summed E-state index contributed by atoms with van der Waals surface area (Å²) in [4.78, 5) is 33.9. The highest BCUT2D eigenvalue weighted by molar-refractivity contribution is 5.75. The Hall–Kier alpha value is -4.55. The Morgan fingerprint density at radius 1 is 1.07 bits per heavy atom. The summed E-state index contributed by atoms with van der Waals surface area (Å²) in [5.74, 6) is 1.15. The van der Waals surface area contributed by atoms with E-state index >= 15 is 0 Å². The van der Waals surface area contributed by atoms with E-state index in [1.807, 2.05) is 0 Å². The van der Waals surface area contributed by atoms with E-state index in [2.05, 4.69) is 25.0 Å². The highest BCUT2D eigenvalue weighted by Crippen LogP contribution is 2.45. The van der Waals surface area contributed by atoms with Gasteiger partial charge >= 0.3 is 11.9 Å². The van der Waals surface area contributed by atoms with Crippen molar-refractivity contribution in [2.45, 2.75) is 57.3 Å². The lowest BCUT2D eigenvalue weighted by Gasteiger charge is -2.12. The Kier molecular flexibility index (Phi) is 5.51. The molecule has 40 heavy (non-hydrogen) atoms. The standard InChI is InChI=1S/C27H23F3N8O2/c1-14-10-20(27(28,29)30)36-38(14)17-6-2-15(3-7-17)12-37-24-19(34-26(37)39)11-31-23(35-24)21-22(16-4-5-16)32-13-33-25(21)40-18-8-9-18/h2-3,6-7,10-11,13,16,18H,4-5,8-9,12H2,1H3,(H,34,39). The minimum Gasteiger partial charge on any atom is -0.474 e. The molecule has 0 spiro atoms. The molecule has 5 aromatic rings. The van der Waals surface area contributed by atoms with Crippen LogP contribution in [0.3, 0.4) is 0 Å². The summed E-state index contributed by atoms with van der Waals surface area (Å²) in [7, 11) is 0. The Bertz CT molecular complexity index is 1800. The molecule has 0 amide bonds. The summed E-state index contributed by atoms with van der Waals surface area (Å²) >= 11 is 0. The maximum Gasteiger partial charge on any atom is 0.435 e. The number of benzene rings is 1. The van der Waals surface area contributed by atoms with Crippen LogP contribution >= 0.6 is 0 Å². The third kappa shape index (κ3) is 4.50. The molecule has 2 saturated carbocycles. The van der Waals surface area contributed by atoms with Crippen molar-refractivity contribution in [3.05, 3.63) is 76.0 Å². The number of nitrogens with zero attached hydrogens (tertiary/aromatic N) is 7. The van der Waals surface area contributed by atoms with E-state index in [9.17, 15) is 18.0 Å². The van der Waals surface area contributed by atoms with Gasteiger partial charge in [0, 0.05) is 11.6 Å². The van der Waals surface area contributed by atoms with Gasteiger partial charge in [-0.2, -0.15) is 18.3 Å². The van der Waals surface area contributed by atoms with Gasteiger partial charge in [-0.25, -0.2) is 29.4 Å². The minimum absolute atomic E-state index is 0.128. The van der Waals surface area contributed by atoms with E-state index < -0.39 is 11.9 Å². The predicted molar refractivity (Wildman–Crippen MR) is 137 cm³/mol. The van der Waals surface area contributed by atoms with Crippen molar-refractivity contribution in [1.82, 2.24) is 39.3 Å². The largest absolute Gasteiger partial charge is 0.474 e. The molecule has 1 N–H and O–H groups in total. The molecule has 204 valence electrons. The molecule has 1 aromatic carbocycles. The zero-order valence-corrected chi connectivity index (χ0v) is 21.3. The number of fused-ring (bicyclic) bond motifs is 1. The number of nitrogens with one attached hydrogen (secondary N) is 1. The van der Waals surface area contributed by atoms with Crippen molar-refractivity contribution in [1.29, 1.82) is 0 Å². The van der Waals surface area contributed by atoms with E-state index in [0.717, 1.165) is 43.0 Å². The Morgan fingerprint density at radius 3 is 2.52 bits per heavy atom. The number of halogens is 3. The summed E-state index contributed by atoms with van der Waals surface area (Å²) < 4.78 is 48.1. The number of imidazole rings is 1. The highest BCUT2D eigenvalue weighted by atomic mass is 19.4. The summed E-state index contributed by atoms with van der Waals surface area (Å²) in [6.45, 7) is 1.75. The molecule has 0 bridgehead atoms. The van der Waals surface area contributed by atoms with E-state index in [4.69, 9.17) is 9.72 Å². The fraction of sp³-hybridized carbons (Fsp3) is 0.333. The van der Waals surface area contributed by atoms with Gasteiger partial charge in [0.1, 0.15) is 23.5 Å².